The number of carbonyl (C=O) groups excluding carboxylic acids is 1. The van der Waals surface area contributed by atoms with E-state index < -0.39 is 0 Å². The average Bonchev–Trinajstić information content (AvgIpc) is 3.05. The number of amides is 1. The number of rotatable bonds is 4. The first-order valence-corrected chi connectivity index (χ1v) is 8.12. The van der Waals surface area contributed by atoms with Gasteiger partial charge in [0.2, 0.25) is 5.91 Å². The number of likely N-dealkylation sites (tertiary alicyclic amines) is 1. The molecule has 3 aliphatic rings. The molecule has 19 heavy (non-hydrogen) atoms. The molecule has 2 saturated carbocycles. The minimum Gasteiger partial charge on any atom is -0.338 e. The van der Waals surface area contributed by atoms with Crippen LogP contribution in [-0.4, -0.2) is 35.5 Å². The van der Waals surface area contributed by atoms with Crippen LogP contribution in [0, 0.1) is 17.8 Å². The number of hydrogen-bond acceptors (Lipinski definition) is 2. The quantitative estimate of drug-likeness (QED) is 0.845. The Morgan fingerprint density at radius 1 is 1.16 bits per heavy atom. The van der Waals surface area contributed by atoms with Crippen molar-refractivity contribution in [2.24, 2.45) is 17.8 Å². The van der Waals surface area contributed by atoms with Gasteiger partial charge in [-0.2, -0.15) is 0 Å². The molecule has 5 atom stereocenters. The van der Waals surface area contributed by atoms with E-state index in [0.29, 0.717) is 18.0 Å². The van der Waals surface area contributed by atoms with Crippen LogP contribution in [0.5, 0.6) is 0 Å². The van der Waals surface area contributed by atoms with Gasteiger partial charge in [-0.3, -0.25) is 4.79 Å². The maximum atomic E-state index is 12.5. The van der Waals surface area contributed by atoms with E-state index in [4.69, 9.17) is 0 Å². The Labute approximate surface area is 117 Å². The Hall–Kier alpha value is -0.570. The van der Waals surface area contributed by atoms with Crippen molar-refractivity contribution in [3.63, 3.8) is 0 Å². The van der Waals surface area contributed by atoms with Crippen LogP contribution in [0.15, 0.2) is 0 Å². The summed E-state index contributed by atoms with van der Waals surface area (Å²) in [4.78, 5) is 14.7. The predicted molar refractivity (Wildman–Crippen MR) is 76.8 cm³/mol. The van der Waals surface area contributed by atoms with Crippen LogP contribution in [0.1, 0.15) is 52.9 Å². The van der Waals surface area contributed by atoms with Gasteiger partial charge >= 0.3 is 0 Å². The molecule has 2 aliphatic carbocycles. The maximum absolute atomic E-state index is 12.5. The summed E-state index contributed by atoms with van der Waals surface area (Å²) in [7, 11) is 0. The van der Waals surface area contributed by atoms with Crippen LogP contribution < -0.4 is 5.32 Å². The molecule has 3 fully saturated rings. The van der Waals surface area contributed by atoms with Crippen LogP contribution in [-0.2, 0) is 4.79 Å². The van der Waals surface area contributed by atoms with Crippen molar-refractivity contribution < 1.29 is 4.79 Å². The zero-order valence-electron chi connectivity index (χ0n) is 12.6. The first-order chi connectivity index (χ1) is 9.06. The number of hydrogen-bond donors (Lipinski definition) is 1. The molecule has 3 rings (SSSR count). The van der Waals surface area contributed by atoms with Gasteiger partial charge in [0.05, 0.1) is 6.04 Å². The monoisotopic (exact) mass is 264 g/mol. The molecule has 0 aromatic carbocycles. The summed E-state index contributed by atoms with van der Waals surface area (Å²) >= 11 is 0. The molecular weight excluding hydrogens is 236 g/mol. The van der Waals surface area contributed by atoms with Crippen LogP contribution >= 0.6 is 0 Å². The first-order valence-electron chi connectivity index (χ1n) is 8.12. The lowest BCUT2D eigenvalue weighted by Crippen LogP contribution is -2.46. The van der Waals surface area contributed by atoms with Gasteiger partial charge in [-0.15, -0.1) is 0 Å². The zero-order valence-corrected chi connectivity index (χ0v) is 12.6. The number of carbonyl (C=O) groups is 1. The Balaban J connectivity index is 1.62. The fourth-order valence-corrected chi connectivity index (χ4v) is 4.78. The van der Waals surface area contributed by atoms with Gasteiger partial charge in [0, 0.05) is 18.6 Å². The summed E-state index contributed by atoms with van der Waals surface area (Å²) < 4.78 is 0. The Morgan fingerprint density at radius 3 is 2.53 bits per heavy atom. The van der Waals surface area contributed by atoms with E-state index in [1.165, 1.54) is 25.7 Å². The van der Waals surface area contributed by atoms with Crippen LogP contribution in [0.2, 0.25) is 0 Å². The van der Waals surface area contributed by atoms with E-state index in [9.17, 15) is 4.79 Å². The van der Waals surface area contributed by atoms with Crippen molar-refractivity contribution in [3.05, 3.63) is 0 Å². The van der Waals surface area contributed by atoms with Crippen molar-refractivity contribution in [1.29, 1.82) is 0 Å². The molecule has 5 unspecified atom stereocenters. The normalized spacial score (nSPS) is 39.6. The third-order valence-corrected chi connectivity index (χ3v) is 5.68. The van der Waals surface area contributed by atoms with E-state index in [1.807, 2.05) is 0 Å². The molecule has 0 aromatic rings. The lowest BCUT2D eigenvalue weighted by atomic mass is 9.83. The standard InChI is InChI=1S/C16H28N2O/c1-10(2)17-15-6-7-18(16(15)19)11(3)14-9-12-4-5-13(14)8-12/h10-15,17H,4-9H2,1-3H3. The number of fused-ring (bicyclic) bond motifs is 2. The molecular formula is C16H28N2O. The summed E-state index contributed by atoms with van der Waals surface area (Å²) in [5, 5.41) is 3.41. The third-order valence-electron chi connectivity index (χ3n) is 5.68. The van der Waals surface area contributed by atoms with Gasteiger partial charge < -0.3 is 10.2 Å². The minimum atomic E-state index is 0.0704. The summed E-state index contributed by atoms with van der Waals surface area (Å²) in [6.45, 7) is 7.49. The molecule has 0 spiro atoms. The second-order valence-electron chi connectivity index (χ2n) is 7.27. The largest absolute Gasteiger partial charge is 0.338 e. The molecule has 1 aliphatic heterocycles. The van der Waals surface area contributed by atoms with Gasteiger partial charge in [0.1, 0.15) is 0 Å². The van der Waals surface area contributed by atoms with Crippen molar-refractivity contribution in [2.45, 2.75) is 71.0 Å². The molecule has 2 bridgehead atoms. The Bertz CT molecular complexity index is 355. The molecule has 0 radical (unpaired) electrons. The van der Waals surface area contributed by atoms with Crippen LogP contribution in [0.3, 0.4) is 0 Å². The van der Waals surface area contributed by atoms with Crippen molar-refractivity contribution >= 4 is 5.91 Å². The van der Waals surface area contributed by atoms with E-state index in [0.717, 1.165) is 30.7 Å². The highest BCUT2D eigenvalue weighted by Gasteiger charge is 2.45. The van der Waals surface area contributed by atoms with Crippen LogP contribution in [0.4, 0.5) is 0 Å². The predicted octanol–water partition coefficient (Wildman–Crippen LogP) is 2.41. The third kappa shape index (κ3) is 2.42. The second-order valence-corrected chi connectivity index (χ2v) is 7.27. The number of nitrogens with one attached hydrogen (secondary N) is 1. The highest BCUT2D eigenvalue weighted by atomic mass is 16.2. The Morgan fingerprint density at radius 2 is 1.95 bits per heavy atom. The molecule has 1 amide bonds. The highest BCUT2D eigenvalue weighted by Crippen LogP contribution is 2.50. The van der Waals surface area contributed by atoms with Crippen molar-refractivity contribution in [3.8, 4) is 0 Å². The summed E-state index contributed by atoms with van der Waals surface area (Å²) in [5.41, 5.74) is 0. The van der Waals surface area contributed by atoms with E-state index in [1.54, 1.807) is 0 Å². The molecule has 3 heteroatoms. The molecule has 3 nitrogen and oxygen atoms in total. The highest BCUT2D eigenvalue weighted by molar-refractivity contribution is 5.84. The molecule has 1 heterocycles. The fraction of sp³-hybridized carbons (Fsp3) is 0.938. The van der Waals surface area contributed by atoms with Gasteiger partial charge in [0.15, 0.2) is 0 Å². The first kappa shape index (κ1) is 13.4. The van der Waals surface area contributed by atoms with E-state index in [-0.39, 0.29) is 6.04 Å². The summed E-state index contributed by atoms with van der Waals surface area (Å²) in [6, 6.07) is 0.925. The van der Waals surface area contributed by atoms with E-state index >= 15 is 0 Å². The van der Waals surface area contributed by atoms with Gasteiger partial charge in [-0.1, -0.05) is 20.3 Å². The van der Waals surface area contributed by atoms with Gasteiger partial charge in [-0.25, -0.2) is 0 Å². The second kappa shape index (κ2) is 5.08. The maximum Gasteiger partial charge on any atom is 0.240 e. The fourth-order valence-electron chi connectivity index (χ4n) is 4.78. The van der Waals surface area contributed by atoms with Crippen molar-refractivity contribution in [1.82, 2.24) is 10.2 Å². The van der Waals surface area contributed by atoms with Crippen molar-refractivity contribution in [2.75, 3.05) is 6.54 Å². The molecule has 0 aromatic heterocycles. The van der Waals surface area contributed by atoms with E-state index in [2.05, 4.69) is 31.0 Å². The summed E-state index contributed by atoms with van der Waals surface area (Å²) in [6.07, 6.45) is 6.65. The smallest absolute Gasteiger partial charge is 0.240 e. The lowest BCUT2D eigenvalue weighted by molar-refractivity contribution is -0.132. The van der Waals surface area contributed by atoms with Crippen LogP contribution in [0.25, 0.3) is 0 Å². The lowest BCUT2D eigenvalue weighted by Gasteiger charge is -2.34. The molecule has 1 saturated heterocycles. The minimum absolute atomic E-state index is 0.0704. The Kier molecular flexibility index (Phi) is 3.59. The number of nitrogens with zero attached hydrogens (tertiary/aromatic N) is 1. The zero-order chi connectivity index (χ0) is 13.6. The SMILES string of the molecule is CC(C)NC1CCN(C(C)C2CC3CCC2C3)C1=O. The topological polar surface area (TPSA) is 32.3 Å². The average molecular weight is 264 g/mol. The van der Waals surface area contributed by atoms with Gasteiger partial charge in [0.25, 0.3) is 0 Å². The van der Waals surface area contributed by atoms with Gasteiger partial charge in [-0.05, 0) is 50.4 Å². The molecule has 1 N–H and O–H groups in total. The molecule has 108 valence electrons. The summed E-state index contributed by atoms with van der Waals surface area (Å²) in [5.74, 6) is 3.01.